The van der Waals surface area contributed by atoms with E-state index in [0.717, 1.165) is 35.7 Å². The second kappa shape index (κ2) is 9.27. The van der Waals surface area contributed by atoms with Crippen molar-refractivity contribution in [1.82, 2.24) is 15.2 Å². The minimum atomic E-state index is -0.806. The van der Waals surface area contributed by atoms with E-state index in [1.165, 1.54) is 0 Å². The van der Waals surface area contributed by atoms with Crippen molar-refractivity contribution < 1.29 is 19.0 Å². The summed E-state index contributed by atoms with van der Waals surface area (Å²) in [4.78, 5) is 20.5. The number of rotatable bonds is 7. The van der Waals surface area contributed by atoms with Crippen LogP contribution >= 0.6 is 11.3 Å². The maximum atomic E-state index is 13.8. The molecule has 178 valence electrons. The summed E-state index contributed by atoms with van der Waals surface area (Å²) < 4.78 is 17.3. The van der Waals surface area contributed by atoms with Gasteiger partial charge in [-0.3, -0.25) is 4.79 Å². The van der Waals surface area contributed by atoms with Gasteiger partial charge in [-0.15, -0.1) is 11.3 Å². The number of thiazole rings is 1. The fourth-order valence-corrected chi connectivity index (χ4v) is 5.25. The van der Waals surface area contributed by atoms with Gasteiger partial charge in [-0.05, 0) is 31.5 Å². The first kappa shape index (κ1) is 22.7. The minimum absolute atomic E-state index is 0.0858. The van der Waals surface area contributed by atoms with Crippen LogP contribution in [0.25, 0.3) is 10.6 Å². The Hall–Kier alpha value is -3.10. The van der Waals surface area contributed by atoms with Gasteiger partial charge in [-0.2, -0.15) is 0 Å². The van der Waals surface area contributed by atoms with E-state index >= 15 is 0 Å². The van der Waals surface area contributed by atoms with Crippen LogP contribution in [-0.2, 0) is 6.54 Å². The highest BCUT2D eigenvalue weighted by Gasteiger charge is 2.36. The summed E-state index contributed by atoms with van der Waals surface area (Å²) >= 11 is 1.60. The van der Waals surface area contributed by atoms with Crippen LogP contribution in [0, 0.1) is 0 Å². The van der Waals surface area contributed by atoms with E-state index in [9.17, 15) is 4.79 Å². The molecular weight excluding hydrogens is 450 g/mol. The molecule has 1 amide bonds. The largest absolute Gasteiger partial charge is 0.493 e. The van der Waals surface area contributed by atoms with Crippen molar-refractivity contribution in [1.29, 1.82) is 0 Å². The zero-order chi connectivity index (χ0) is 23.7. The van der Waals surface area contributed by atoms with Gasteiger partial charge in [-0.1, -0.05) is 30.3 Å². The first-order valence-corrected chi connectivity index (χ1v) is 12.4. The van der Waals surface area contributed by atoms with E-state index in [0.29, 0.717) is 35.9 Å². The summed E-state index contributed by atoms with van der Waals surface area (Å²) in [6.07, 6.45) is 2.17. The van der Waals surface area contributed by atoms with Gasteiger partial charge in [0.1, 0.15) is 5.01 Å². The Morgan fingerprint density at radius 3 is 2.82 bits per heavy atom. The fourth-order valence-electron chi connectivity index (χ4n) is 4.43. The van der Waals surface area contributed by atoms with Crippen LogP contribution in [0.1, 0.15) is 42.7 Å². The number of methoxy groups -OCH3 is 1. The molecule has 1 fully saturated rings. The lowest BCUT2D eigenvalue weighted by Gasteiger charge is -2.25. The van der Waals surface area contributed by atoms with E-state index in [-0.39, 0.29) is 11.9 Å². The summed E-state index contributed by atoms with van der Waals surface area (Å²) in [5, 5.41) is 6.49. The highest BCUT2D eigenvalue weighted by Crippen LogP contribution is 2.46. The lowest BCUT2D eigenvalue weighted by Crippen LogP contribution is -2.40. The molecule has 0 radical (unpaired) electrons. The van der Waals surface area contributed by atoms with Gasteiger partial charge in [0, 0.05) is 42.9 Å². The van der Waals surface area contributed by atoms with Gasteiger partial charge >= 0.3 is 0 Å². The van der Waals surface area contributed by atoms with Crippen molar-refractivity contribution in [2.24, 2.45) is 0 Å². The molecule has 1 aromatic heterocycles. The third-order valence-corrected chi connectivity index (χ3v) is 6.95. The predicted molar refractivity (Wildman–Crippen MR) is 132 cm³/mol. The molecule has 0 unspecified atom stereocenters. The Morgan fingerprint density at radius 1 is 1.26 bits per heavy atom. The van der Waals surface area contributed by atoms with Crippen molar-refractivity contribution >= 4 is 17.2 Å². The molecule has 0 bridgehead atoms. The third-order valence-electron chi connectivity index (χ3n) is 6.01. The van der Waals surface area contributed by atoms with E-state index in [1.54, 1.807) is 30.6 Å². The molecular formula is C26H29N3O4S. The molecule has 2 aliphatic heterocycles. The number of carbonyl (C=O) groups excluding carboxylic acids is 1. The van der Waals surface area contributed by atoms with Crippen LogP contribution in [-0.4, -0.2) is 47.8 Å². The number of nitrogens with zero attached hydrogens (tertiary/aromatic N) is 2. The van der Waals surface area contributed by atoms with Gasteiger partial charge < -0.3 is 24.4 Å². The second-order valence-corrected chi connectivity index (χ2v) is 9.96. The molecule has 0 spiro atoms. The maximum absolute atomic E-state index is 13.8. The van der Waals surface area contributed by atoms with Crippen molar-refractivity contribution in [3.05, 3.63) is 59.1 Å². The Labute approximate surface area is 203 Å². The number of fused-ring (bicyclic) bond motifs is 1. The highest BCUT2D eigenvalue weighted by molar-refractivity contribution is 7.13. The number of ether oxygens (including phenoxy) is 3. The van der Waals surface area contributed by atoms with Crippen molar-refractivity contribution in [3.8, 4) is 27.8 Å². The monoisotopic (exact) mass is 479 g/mol. The van der Waals surface area contributed by atoms with Crippen LogP contribution in [0.4, 0.5) is 0 Å². The summed E-state index contributed by atoms with van der Waals surface area (Å²) in [6.45, 7) is 5.69. The fraction of sp³-hybridized carbons (Fsp3) is 0.385. The van der Waals surface area contributed by atoms with Crippen LogP contribution in [0.15, 0.2) is 47.8 Å². The summed E-state index contributed by atoms with van der Waals surface area (Å²) in [7, 11) is 1.57. The third kappa shape index (κ3) is 4.74. The first-order chi connectivity index (χ1) is 16.4. The number of carbonyl (C=O) groups is 1. The Morgan fingerprint density at radius 2 is 2.09 bits per heavy atom. The van der Waals surface area contributed by atoms with Gasteiger partial charge in [0.2, 0.25) is 11.5 Å². The average Bonchev–Trinajstić information content (AvgIpc) is 3.57. The molecule has 5 rings (SSSR count). The number of aromatic nitrogens is 1. The standard InChI is InChI=1S/C26H29N3O4S/c1-26(2)32-22-13-18(12-21(31-3)23(22)33-26)25(30)29(14-19-10-7-11-27-19)15-20-16-34-24(28-20)17-8-5-4-6-9-17/h4-6,8-9,12-13,16,19,27H,7,10-11,14-15H2,1-3H3/t19-/m0/s1. The Bertz CT molecular complexity index is 1170. The van der Waals surface area contributed by atoms with E-state index in [4.69, 9.17) is 19.2 Å². The van der Waals surface area contributed by atoms with Gasteiger partial charge in [0.05, 0.1) is 19.3 Å². The molecule has 2 aromatic carbocycles. The summed E-state index contributed by atoms with van der Waals surface area (Å²) in [6, 6.07) is 13.9. The zero-order valence-electron chi connectivity index (χ0n) is 19.7. The lowest BCUT2D eigenvalue weighted by atomic mass is 10.1. The van der Waals surface area contributed by atoms with Crippen molar-refractivity contribution in [2.75, 3.05) is 20.2 Å². The Balaban J connectivity index is 1.42. The molecule has 1 N–H and O–H groups in total. The molecule has 0 aliphatic carbocycles. The number of hydrogen-bond acceptors (Lipinski definition) is 7. The van der Waals surface area contributed by atoms with E-state index in [1.807, 2.05) is 54.5 Å². The SMILES string of the molecule is COc1cc(C(=O)N(Cc2csc(-c3ccccc3)n2)C[C@@H]2CCCN2)cc2c1OC(C)(C)O2. The quantitative estimate of drug-likeness (QED) is 0.529. The molecule has 3 heterocycles. The molecule has 7 nitrogen and oxygen atoms in total. The number of amides is 1. The molecule has 3 aromatic rings. The summed E-state index contributed by atoms with van der Waals surface area (Å²) in [5.41, 5.74) is 2.47. The predicted octanol–water partition coefficient (Wildman–Crippen LogP) is 4.72. The van der Waals surface area contributed by atoms with E-state index < -0.39 is 5.79 Å². The van der Waals surface area contributed by atoms with Crippen LogP contribution < -0.4 is 19.5 Å². The number of nitrogens with one attached hydrogen (secondary N) is 1. The lowest BCUT2D eigenvalue weighted by molar-refractivity contribution is -0.0439. The normalized spacial score (nSPS) is 18.1. The van der Waals surface area contributed by atoms with Gasteiger partial charge in [-0.25, -0.2) is 4.98 Å². The molecule has 1 saturated heterocycles. The first-order valence-electron chi connectivity index (χ1n) is 11.5. The topological polar surface area (TPSA) is 72.9 Å². The van der Waals surface area contributed by atoms with E-state index in [2.05, 4.69) is 5.32 Å². The highest BCUT2D eigenvalue weighted by atomic mass is 32.1. The molecule has 1 atom stereocenters. The maximum Gasteiger partial charge on any atom is 0.254 e. The zero-order valence-corrected chi connectivity index (χ0v) is 20.5. The molecule has 2 aliphatic rings. The smallest absolute Gasteiger partial charge is 0.254 e. The van der Waals surface area contributed by atoms with Crippen molar-refractivity contribution in [3.63, 3.8) is 0 Å². The molecule has 8 heteroatoms. The number of hydrogen-bond donors (Lipinski definition) is 1. The molecule has 34 heavy (non-hydrogen) atoms. The average molecular weight is 480 g/mol. The van der Waals surface area contributed by atoms with Crippen LogP contribution in [0.5, 0.6) is 17.2 Å². The van der Waals surface area contributed by atoms with Crippen LogP contribution in [0.3, 0.4) is 0 Å². The Kier molecular flexibility index (Phi) is 6.18. The van der Waals surface area contributed by atoms with Gasteiger partial charge in [0.15, 0.2) is 11.5 Å². The van der Waals surface area contributed by atoms with Crippen LogP contribution in [0.2, 0.25) is 0 Å². The van der Waals surface area contributed by atoms with Gasteiger partial charge in [0.25, 0.3) is 5.91 Å². The minimum Gasteiger partial charge on any atom is -0.493 e. The second-order valence-electron chi connectivity index (χ2n) is 9.10. The van der Waals surface area contributed by atoms with Crippen molar-refractivity contribution in [2.45, 2.75) is 45.1 Å². The molecule has 0 saturated carbocycles. The summed E-state index contributed by atoms with van der Waals surface area (Å²) in [5.74, 6) is 0.647. The number of benzene rings is 2.